The first kappa shape index (κ1) is 13.1. The first-order chi connectivity index (χ1) is 8.44. The average Bonchev–Trinajstić information content (AvgIpc) is 2.33. The number of pyridine rings is 1. The van der Waals surface area contributed by atoms with Gasteiger partial charge in [-0.05, 0) is 49.1 Å². The lowest BCUT2D eigenvalue weighted by atomic mass is 9.63. The third-order valence-corrected chi connectivity index (χ3v) is 4.28. The van der Waals surface area contributed by atoms with E-state index in [1.54, 1.807) is 12.4 Å². The van der Waals surface area contributed by atoms with Crippen LogP contribution >= 0.6 is 0 Å². The summed E-state index contributed by atoms with van der Waals surface area (Å²) in [5.41, 5.74) is 0.728. The van der Waals surface area contributed by atoms with Gasteiger partial charge in [0.05, 0.1) is 5.41 Å². The molecule has 1 aliphatic carbocycles. The van der Waals surface area contributed by atoms with Crippen LogP contribution in [0.1, 0.15) is 45.1 Å². The standard InChI is InChI=1S/C15H21NO2/c1-14(2)5-7-15(8-6-14,13(17)18)10-12-4-3-9-16-11-12/h3-4,9,11H,5-8,10H2,1-2H3,(H,17,18). The zero-order valence-electron chi connectivity index (χ0n) is 11.1. The van der Waals surface area contributed by atoms with Crippen LogP contribution in [0.5, 0.6) is 0 Å². The van der Waals surface area contributed by atoms with Gasteiger partial charge in [0.1, 0.15) is 0 Å². The van der Waals surface area contributed by atoms with Gasteiger partial charge >= 0.3 is 5.97 Å². The second kappa shape index (κ2) is 4.71. The molecule has 18 heavy (non-hydrogen) atoms. The Hall–Kier alpha value is -1.38. The number of carbonyl (C=O) groups is 1. The van der Waals surface area contributed by atoms with Crippen LogP contribution in [0.2, 0.25) is 0 Å². The molecule has 0 aliphatic heterocycles. The smallest absolute Gasteiger partial charge is 0.309 e. The highest BCUT2D eigenvalue weighted by atomic mass is 16.4. The van der Waals surface area contributed by atoms with Gasteiger partial charge in [0.2, 0.25) is 0 Å². The molecule has 0 spiro atoms. The molecule has 1 fully saturated rings. The molecule has 1 aliphatic rings. The number of carboxylic acid groups (broad SMARTS) is 1. The fraction of sp³-hybridized carbons (Fsp3) is 0.600. The van der Waals surface area contributed by atoms with Crippen molar-refractivity contribution in [3.05, 3.63) is 30.1 Å². The lowest BCUT2D eigenvalue weighted by molar-refractivity contribution is -0.152. The molecule has 0 amide bonds. The highest BCUT2D eigenvalue weighted by Crippen LogP contribution is 2.46. The number of nitrogens with zero attached hydrogens (tertiary/aromatic N) is 1. The van der Waals surface area contributed by atoms with Crippen molar-refractivity contribution in [2.45, 2.75) is 46.0 Å². The van der Waals surface area contributed by atoms with Crippen LogP contribution in [0.15, 0.2) is 24.5 Å². The van der Waals surface area contributed by atoms with Gasteiger partial charge < -0.3 is 5.11 Å². The molecule has 1 saturated carbocycles. The van der Waals surface area contributed by atoms with Gasteiger partial charge in [-0.25, -0.2) is 0 Å². The molecule has 0 atom stereocenters. The quantitative estimate of drug-likeness (QED) is 0.891. The Labute approximate surface area is 108 Å². The molecule has 1 aromatic rings. The zero-order chi connectivity index (χ0) is 13.2. The largest absolute Gasteiger partial charge is 0.481 e. The van der Waals surface area contributed by atoms with Gasteiger partial charge in [0, 0.05) is 12.4 Å². The maximum Gasteiger partial charge on any atom is 0.309 e. The molecule has 0 radical (unpaired) electrons. The molecular formula is C15H21NO2. The van der Waals surface area contributed by atoms with E-state index >= 15 is 0 Å². The van der Waals surface area contributed by atoms with Crippen molar-refractivity contribution in [1.29, 1.82) is 0 Å². The minimum Gasteiger partial charge on any atom is -0.481 e. The molecule has 3 nitrogen and oxygen atoms in total. The van der Waals surface area contributed by atoms with Crippen molar-refractivity contribution in [2.24, 2.45) is 10.8 Å². The van der Waals surface area contributed by atoms with Gasteiger partial charge in [0.15, 0.2) is 0 Å². The molecule has 0 saturated heterocycles. The minimum absolute atomic E-state index is 0.286. The SMILES string of the molecule is CC1(C)CCC(Cc2cccnc2)(C(=O)O)CC1. The molecule has 1 heterocycles. The normalized spacial score (nSPS) is 21.4. The van der Waals surface area contributed by atoms with Crippen molar-refractivity contribution < 1.29 is 9.90 Å². The summed E-state index contributed by atoms with van der Waals surface area (Å²) in [6.45, 7) is 4.45. The molecule has 0 aromatic carbocycles. The van der Waals surface area contributed by atoms with E-state index < -0.39 is 11.4 Å². The van der Waals surface area contributed by atoms with E-state index in [1.165, 1.54) is 0 Å². The van der Waals surface area contributed by atoms with Crippen molar-refractivity contribution in [2.75, 3.05) is 0 Å². The molecule has 2 rings (SSSR count). The second-order valence-corrected chi connectivity index (χ2v) is 6.29. The van der Waals surface area contributed by atoms with E-state index in [0.29, 0.717) is 6.42 Å². The lowest BCUT2D eigenvalue weighted by Gasteiger charge is -2.40. The van der Waals surface area contributed by atoms with Gasteiger partial charge in [-0.3, -0.25) is 9.78 Å². The summed E-state index contributed by atoms with van der Waals surface area (Å²) in [6.07, 6.45) is 7.62. The average molecular weight is 247 g/mol. The van der Waals surface area contributed by atoms with E-state index in [0.717, 1.165) is 31.2 Å². The summed E-state index contributed by atoms with van der Waals surface area (Å²) in [7, 11) is 0. The number of rotatable bonds is 3. The zero-order valence-corrected chi connectivity index (χ0v) is 11.1. The molecule has 0 bridgehead atoms. The van der Waals surface area contributed by atoms with Crippen molar-refractivity contribution in [3.8, 4) is 0 Å². The Morgan fingerprint density at radius 1 is 1.33 bits per heavy atom. The molecule has 1 N–H and O–H groups in total. The van der Waals surface area contributed by atoms with Crippen molar-refractivity contribution >= 4 is 5.97 Å². The highest BCUT2D eigenvalue weighted by Gasteiger charge is 2.43. The van der Waals surface area contributed by atoms with Gasteiger partial charge in [-0.2, -0.15) is 0 Å². The van der Waals surface area contributed by atoms with E-state index in [9.17, 15) is 9.90 Å². The van der Waals surface area contributed by atoms with Crippen LogP contribution < -0.4 is 0 Å². The number of hydrogen-bond acceptors (Lipinski definition) is 2. The maximum atomic E-state index is 11.7. The first-order valence-electron chi connectivity index (χ1n) is 6.56. The van der Waals surface area contributed by atoms with Crippen LogP contribution in [0.4, 0.5) is 0 Å². The fourth-order valence-electron chi connectivity index (χ4n) is 2.77. The van der Waals surface area contributed by atoms with E-state index in [1.807, 2.05) is 12.1 Å². The van der Waals surface area contributed by atoms with E-state index in [-0.39, 0.29) is 5.41 Å². The predicted octanol–water partition coefficient (Wildman–Crippen LogP) is 3.30. The maximum absolute atomic E-state index is 11.7. The summed E-state index contributed by atoms with van der Waals surface area (Å²) >= 11 is 0. The first-order valence-corrected chi connectivity index (χ1v) is 6.56. The molecule has 3 heteroatoms. The van der Waals surface area contributed by atoms with Gasteiger partial charge in [-0.15, -0.1) is 0 Å². The van der Waals surface area contributed by atoms with E-state index in [4.69, 9.17) is 0 Å². The molecule has 0 unspecified atom stereocenters. The summed E-state index contributed by atoms with van der Waals surface area (Å²) in [5, 5.41) is 9.60. The second-order valence-electron chi connectivity index (χ2n) is 6.29. The minimum atomic E-state index is -0.651. The lowest BCUT2D eigenvalue weighted by Crippen LogP contribution is -2.39. The topological polar surface area (TPSA) is 50.2 Å². The summed E-state index contributed by atoms with van der Waals surface area (Å²) < 4.78 is 0. The number of aliphatic carboxylic acids is 1. The predicted molar refractivity (Wildman–Crippen MR) is 70.3 cm³/mol. The van der Waals surface area contributed by atoms with Crippen LogP contribution in [0.3, 0.4) is 0 Å². The van der Waals surface area contributed by atoms with Crippen LogP contribution in [-0.4, -0.2) is 16.1 Å². The summed E-state index contributed by atoms with van der Waals surface area (Å²) in [5.74, 6) is -0.651. The van der Waals surface area contributed by atoms with Crippen molar-refractivity contribution in [3.63, 3.8) is 0 Å². The number of aromatic nitrogens is 1. The molecular weight excluding hydrogens is 226 g/mol. The summed E-state index contributed by atoms with van der Waals surface area (Å²) in [6, 6.07) is 3.84. The van der Waals surface area contributed by atoms with Crippen LogP contribution in [0, 0.1) is 10.8 Å². The highest BCUT2D eigenvalue weighted by molar-refractivity contribution is 5.75. The monoisotopic (exact) mass is 247 g/mol. The number of hydrogen-bond donors (Lipinski definition) is 1. The Kier molecular flexibility index (Phi) is 3.42. The molecule has 98 valence electrons. The Morgan fingerprint density at radius 2 is 2.00 bits per heavy atom. The fourth-order valence-corrected chi connectivity index (χ4v) is 2.77. The third kappa shape index (κ3) is 2.71. The Morgan fingerprint density at radius 3 is 2.50 bits per heavy atom. The van der Waals surface area contributed by atoms with Gasteiger partial charge in [-0.1, -0.05) is 19.9 Å². The molecule has 1 aromatic heterocycles. The van der Waals surface area contributed by atoms with Gasteiger partial charge in [0.25, 0.3) is 0 Å². The van der Waals surface area contributed by atoms with Crippen LogP contribution in [0.25, 0.3) is 0 Å². The Balaban J connectivity index is 2.17. The van der Waals surface area contributed by atoms with Crippen LogP contribution in [-0.2, 0) is 11.2 Å². The van der Waals surface area contributed by atoms with E-state index in [2.05, 4.69) is 18.8 Å². The van der Waals surface area contributed by atoms with Crippen molar-refractivity contribution in [1.82, 2.24) is 4.98 Å². The number of carboxylic acids is 1. The third-order valence-electron chi connectivity index (χ3n) is 4.28. The summed E-state index contributed by atoms with van der Waals surface area (Å²) in [4.78, 5) is 15.7. The Bertz CT molecular complexity index is 415.